The molecule has 0 radical (unpaired) electrons. The molecule has 1 saturated carbocycles. The Bertz CT molecular complexity index is 533. The van der Waals surface area contributed by atoms with Crippen LogP contribution in [-0.2, 0) is 0 Å². The second-order valence-electron chi connectivity index (χ2n) is 5.58. The Kier molecular flexibility index (Phi) is 3.02. The third kappa shape index (κ3) is 2.06. The first-order valence-corrected chi connectivity index (χ1v) is 6.08. The Morgan fingerprint density at radius 3 is 2.72 bits per heavy atom. The molecule has 0 aliphatic heterocycles. The second-order valence-corrected chi connectivity index (χ2v) is 5.58. The maximum absolute atomic E-state index is 12.0. The molecule has 1 aromatic rings. The van der Waals surface area contributed by atoms with Gasteiger partial charge in [0, 0.05) is 35.5 Å². The summed E-state index contributed by atoms with van der Waals surface area (Å²) < 4.78 is 0. The number of nitrogens with two attached hydrogens (primary N) is 1. The lowest BCUT2D eigenvalue weighted by atomic mass is 9.63. The lowest BCUT2D eigenvalue weighted by molar-refractivity contribution is 0.0585. The predicted molar refractivity (Wildman–Crippen MR) is 69.4 cm³/mol. The van der Waals surface area contributed by atoms with Gasteiger partial charge in [-0.1, -0.05) is 13.8 Å². The molecule has 5 heteroatoms. The molecule has 2 rings (SSSR count). The maximum Gasteiger partial charge on any atom is 0.256 e. The third-order valence-corrected chi connectivity index (χ3v) is 3.95. The molecule has 1 aliphatic carbocycles. The van der Waals surface area contributed by atoms with Crippen molar-refractivity contribution in [2.45, 2.75) is 39.3 Å². The molecule has 1 aliphatic rings. The molecule has 0 aromatic carbocycles. The number of nitrogens with one attached hydrogen (secondary N) is 2. The first-order valence-electron chi connectivity index (χ1n) is 6.08. The molecular weight excluding hydrogens is 230 g/mol. The first kappa shape index (κ1) is 12.8. The van der Waals surface area contributed by atoms with Crippen molar-refractivity contribution in [1.29, 1.82) is 0 Å². The Hall–Kier alpha value is -1.62. The van der Waals surface area contributed by atoms with Gasteiger partial charge < -0.3 is 16.0 Å². The lowest BCUT2D eigenvalue weighted by Crippen LogP contribution is -2.64. The van der Waals surface area contributed by atoms with Crippen LogP contribution in [0.1, 0.15) is 36.3 Å². The summed E-state index contributed by atoms with van der Waals surface area (Å²) in [7, 11) is 0. The minimum absolute atomic E-state index is 0.0284. The number of hydrogen-bond acceptors (Lipinski definition) is 3. The molecule has 2 atom stereocenters. The van der Waals surface area contributed by atoms with Gasteiger partial charge in [0.1, 0.15) is 5.56 Å². The molecule has 18 heavy (non-hydrogen) atoms. The van der Waals surface area contributed by atoms with Crippen LogP contribution in [0.5, 0.6) is 0 Å². The zero-order valence-electron chi connectivity index (χ0n) is 10.9. The molecule has 0 saturated heterocycles. The van der Waals surface area contributed by atoms with E-state index in [2.05, 4.69) is 10.3 Å². The minimum atomic E-state index is -0.332. The summed E-state index contributed by atoms with van der Waals surface area (Å²) in [6, 6.07) is 1.55. The Morgan fingerprint density at radius 1 is 1.56 bits per heavy atom. The molecule has 1 amide bonds. The van der Waals surface area contributed by atoms with Crippen LogP contribution in [0.2, 0.25) is 0 Å². The van der Waals surface area contributed by atoms with Gasteiger partial charge in [0.05, 0.1) is 0 Å². The zero-order valence-corrected chi connectivity index (χ0v) is 10.9. The van der Waals surface area contributed by atoms with Gasteiger partial charge in [-0.3, -0.25) is 9.59 Å². The average molecular weight is 249 g/mol. The molecule has 1 fully saturated rings. The molecule has 1 aromatic heterocycles. The van der Waals surface area contributed by atoms with E-state index in [1.54, 1.807) is 6.92 Å². The predicted octanol–water partition coefficient (Wildman–Crippen LogP) is 0.539. The highest BCUT2D eigenvalue weighted by atomic mass is 16.2. The number of aromatic amines is 1. The largest absolute Gasteiger partial charge is 0.364 e. The fourth-order valence-electron chi connectivity index (χ4n) is 2.19. The van der Waals surface area contributed by atoms with Crippen LogP contribution >= 0.6 is 0 Å². The number of carbonyl (C=O) groups excluding carboxylic acids is 1. The van der Waals surface area contributed by atoms with Crippen LogP contribution in [-0.4, -0.2) is 23.0 Å². The maximum atomic E-state index is 12.0. The van der Waals surface area contributed by atoms with E-state index in [-0.39, 0.29) is 34.4 Å². The molecule has 2 unspecified atom stereocenters. The van der Waals surface area contributed by atoms with Gasteiger partial charge >= 0.3 is 0 Å². The molecule has 5 nitrogen and oxygen atoms in total. The number of aryl methyl sites for hydroxylation is 1. The summed E-state index contributed by atoms with van der Waals surface area (Å²) in [5.74, 6) is -0.332. The van der Waals surface area contributed by atoms with Gasteiger partial charge in [-0.2, -0.15) is 0 Å². The number of carbonyl (C=O) groups is 1. The number of aromatic nitrogens is 1. The van der Waals surface area contributed by atoms with Crippen LogP contribution in [0.3, 0.4) is 0 Å². The molecule has 98 valence electrons. The summed E-state index contributed by atoms with van der Waals surface area (Å²) in [6.07, 6.45) is 2.21. The van der Waals surface area contributed by atoms with Crippen molar-refractivity contribution >= 4 is 5.91 Å². The van der Waals surface area contributed by atoms with E-state index in [1.165, 1.54) is 12.3 Å². The van der Waals surface area contributed by atoms with Crippen LogP contribution in [0.4, 0.5) is 0 Å². The van der Waals surface area contributed by atoms with Crippen LogP contribution in [0.25, 0.3) is 0 Å². The number of amides is 1. The highest BCUT2D eigenvalue weighted by Crippen LogP contribution is 2.38. The highest BCUT2D eigenvalue weighted by molar-refractivity contribution is 5.94. The van der Waals surface area contributed by atoms with Gasteiger partial charge in [0.2, 0.25) is 0 Å². The SMILES string of the molecule is Cc1cc(=O)c(C(=O)NC2CC(N)C2(C)C)c[nH]1. The Labute approximate surface area is 106 Å². The van der Waals surface area contributed by atoms with Crippen molar-refractivity contribution < 1.29 is 4.79 Å². The van der Waals surface area contributed by atoms with Gasteiger partial charge in [0.15, 0.2) is 5.43 Å². The standard InChI is InChI=1S/C13H19N3O2/c1-7-4-9(17)8(6-15-7)12(18)16-11-5-10(14)13(11,2)3/h4,6,10-11H,5,14H2,1-3H3,(H,15,17)(H,16,18). The van der Waals surface area contributed by atoms with E-state index in [0.29, 0.717) is 0 Å². The van der Waals surface area contributed by atoms with Crippen LogP contribution in [0, 0.1) is 12.3 Å². The van der Waals surface area contributed by atoms with Crippen molar-refractivity contribution in [3.8, 4) is 0 Å². The molecule has 4 N–H and O–H groups in total. The molecule has 0 spiro atoms. The van der Waals surface area contributed by atoms with Gasteiger partial charge in [-0.15, -0.1) is 0 Å². The summed E-state index contributed by atoms with van der Waals surface area (Å²) in [5.41, 5.74) is 6.40. The van der Waals surface area contributed by atoms with E-state index in [1.807, 2.05) is 13.8 Å². The zero-order chi connectivity index (χ0) is 13.5. The van der Waals surface area contributed by atoms with Crippen molar-refractivity contribution in [3.63, 3.8) is 0 Å². The molecule has 1 heterocycles. The lowest BCUT2D eigenvalue weighted by Gasteiger charge is -2.50. The van der Waals surface area contributed by atoms with Gasteiger partial charge in [-0.05, 0) is 13.3 Å². The molecule has 0 bridgehead atoms. The van der Waals surface area contributed by atoms with Crippen molar-refractivity contribution in [3.05, 3.63) is 33.7 Å². The van der Waals surface area contributed by atoms with Crippen molar-refractivity contribution in [2.24, 2.45) is 11.1 Å². The summed E-state index contributed by atoms with van der Waals surface area (Å²) in [5, 5.41) is 2.87. The monoisotopic (exact) mass is 249 g/mol. The molecular formula is C13H19N3O2. The fourth-order valence-corrected chi connectivity index (χ4v) is 2.19. The van der Waals surface area contributed by atoms with Crippen molar-refractivity contribution in [2.75, 3.05) is 0 Å². The van der Waals surface area contributed by atoms with Gasteiger partial charge in [-0.25, -0.2) is 0 Å². The van der Waals surface area contributed by atoms with Crippen molar-refractivity contribution in [1.82, 2.24) is 10.3 Å². The number of rotatable bonds is 2. The normalized spacial score (nSPS) is 25.3. The minimum Gasteiger partial charge on any atom is -0.364 e. The van der Waals surface area contributed by atoms with E-state index >= 15 is 0 Å². The number of pyridine rings is 1. The highest BCUT2D eigenvalue weighted by Gasteiger charge is 2.46. The third-order valence-electron chi connectivity index (χ3n) is 3.95. The van der Waals surface area contributed by atoms with E-state index in [0.717, 1.165) is 12.1 Å². The van der Waals surface area contributed by atoms with E-state index < -0.39 is 0 Å². The number of hydrogen-bond donors (Lipinski definition) is 3. The summed E-state index contributed by atoms with van der Waals surface area (Å²) >= 11 is 0. The van der Waals surface area contributed by atoms with Crippen LogP contribution < -0.4 is 16.5 Å². The quantitative estimate of drug-likeness (QED) is 0.714. The fraction of sp³-hybridized carbons (Fsp3) is 0.538. The van der Waals surface area contributed by atoms with E-state index in [4.69, 9.17) is 5.73 Å². The number of H-pyrrole nitrogens is 1. The smallest absolute Gasteiger partial charge is 0.256 e. The summed E-state index contributed by atoms with van der Waals surface area (Å²) in [4.78, 5) is 26.6. The Balaban J connectivity index is 2.12. The first-order chi connectivity index (χ1) is 8.32. The Morgan fingerprint density at radius 2 is 2.22 bits per heavy atom. The van der Waals surface area contributed by atoms with Gasteiger partial charge in [0.25, 0.3) is 5.91 Å². The second kappa shape index (κ2) is 4.24. The summed E-state index contributed by atoms with van der Waals surface area (Å²) in [6.45, 7) is 5.81. The topological polar surface area (TPSA) is 88.0 Å². The van der Waals surface area contributed by atoms with E-state index in [9.17, 15) is 9.59 Å². The van der Waals surface area contributed by atoms with Crippen LogP contribution in [0.15, 0.2) is 17.1 Å². The average Bonchev–Trinajstić information content (AvgIpc) is 2.28.